The van der Waals surface area contributed by atoms with E-state index in [-0.39, 0.29) is 56.6 Å². The van der Waals surface area contributed by atoms with E-state index in [1.54, 1.807) is 0 Å². The average molecular weight is 714 g/mol. The lowest BCUT2D eigenvalue weighted by Gasteiger charge is -2.15. The number of carbonyl (C=O) groups excluding carboxylic acids is 3. The summed E-state index contributed by atoms with van der Waals surface area (Å²) in [6, 6.07) is 5.02. The van der Waals surface area contributed by atoms with Crippen LogP contribution in [0, 0.1) is 10.1 Å². The predicted molar refractivity (Wildman–Crippen MR) is 187 cm³/mol. The van der Waals surface area contributed by atoms with Crippen LogP contribution in [-0.2, 0) is 24.4 Å². The maximum absolute atomic E-state index is 12.8. The molecule has 1 saturated heterocycles. The fourth-order valence-corrected chi connectivity index (χ4v) is 7.09. The summed E-state index contributed by atoms with van der Waals surface area (Å²) in [5, 5.41) is 20.0. The number of carbonyl (C=O) groups is 3. The summed E-state index contributed by atoms with van der Waals surface area (Å²) >= 11 is 1.41. The van der Waals surface area contributed by atoms with Gasteiger partial charge in [-0.1, -0.05) is 12.1 Å². The number of thioether (sulfide) groups is 1. The van der Waals surface area contributed by atoms with Crippen LogP contribution in [-0.4, -0.2) is 112 Å². The Hall–Kier alpha value is -3.16. The Morgan fingerprint density at radius 2 is 1.67 bits per heavy atom. The Balaban J connectivity index is 1.53. The average Bonchev–Trinajstić information content (AvgIpc) is 3.33. The second kappa shape index (κ2) is 23.2. The molecular weight excluding hydrogens is 663 g/mol. The number of hydrogen-bond acceptors (Lipinski definition) is 12. The number of nitrogens with two attached hydrogens (primary N) is 2. The molecule has 8 N–H and O–H groups in total. The van der Waals surface area contributed by atoms with Gasteiger partial charge in [-0.25, -0.2) is 13.1 Å². The number of unbranched alkanes of at least 4 members (excludes halogenated alkanes) is 1. The molecule has 0 spiro atoms. The lowest BCUT2D eigenvalue weighted by Crippen LogP contribution is -2.36. The van der Waals surface area contributed by atoms with E-state index in [1.165, 1.54) is 23.9 Å². The van der Waals surface area contributed by atoms with E-state index < -0.39 is 30.8 Å². The van der Waals surface area contributed by atoms with Crippen LogP contribution in [0.15, 0.2) is 34.2 Å². The maximum atomic E-state index is 12.8. The molecule has 0 saturated carbocycles. The molecule has 1 aliphatic rings. The molecule has 0 aromatic heterocycles. The van der Waals surface area contributed by atoms with Gasteiger partial charge >= 0.3 is 0 Å². The van der Waals surface area contributed by atoms with Crippen LogP contribution in [0.1, 0.15) is 57.8 Å². The second-order valence-corrected chi connectivity index (χ2v) is 14.2. The van der Waals surface area contributed by atoms with Crippen LogP contribution < -0.4 is 32.1 Å². The molecule has 18 heteroatoms. The highest BCUT2D eigenvalue weighted by molar-refractivity contribution is 8.00. The fourth-order valence-electron chi connectivity index (χ4n) is 4.72. The number of nitro benzene ring substituents is 1. The van der Waals surface area contributed by atoms with E-state index in [4.69, 9.17) is 11.5 Å². The summed E-state index contributed by atoms with van der Waals surface area (Å²) in [4.78, 5) is 52.9. The minimum Gasteiger partial charge on any atom is -0.387 e. The summed E-state index contributed by atoms with van der Waals surface area (Å²) in [5.74, 6) is 0.222. The number of benzene rings is 1. The molecule has 1 aromatic rings. The number of nitrogens with one attached hydrogen (secondary N) is 4. The monoisotopic (exact) mass is 713 g/mol. The van der Waals surface area contributed by atoms with Gasteiger partial charge in [-0.2, -0.15) is 0 Å². The molecule has 1 atom stereocenters. The number of likely N-dealkylation sites (tertiary alicyclic amines) is 1. The molecule has 270 valence electrons. The SMILES string of the molecule is NCCCNCCCCNCCCN=C(N)CCCSC1CC(=O)N(CCC(=O)NCCCNS(=O)(=O)c2ccccc2[N+](=O)[O-])C1=O. The summed E-state index contributed by atoms with van der Waals surface area (Å²) in [7, 11) is -4.11. The number of para-hydroxylation sites is 1. The number of nitro groups is 1. The lowest BCUT2D eigenvalue weighted by molar-refractivity contribution is -0.387. The van der Waals surface area contributed by atoms with Crippen molar-refractivity contribution in [2.75, 3.05) is 64.7 Å². The molecular formula is C30H51N9O7S2. The molecule has 48 heavy (non-hydrogen) atoms. The van der Waals surface area contributed by atoms with E-state index in [2.05, 4.69) is 25.7 Å². The molecule has 3 amide bonds. The van der Waals surface area contributed by atoms with E-state index >= 15 is 0 Å². The summed E-state index contributed by atoms with van der Waals surface area (Å²) in [6.07, 6.45) is 5.75. The van der Waals surface area contributed by atoms with Crippen molar-refractivity contribution in [2.45, 2.75) is 67.9 Å². The number of aliphatic imine (C=N–C) groups is 1. The van der Waals surface area contributed by atoms with Crippen molar-refractivity contribution >= 4 is 51.0 Å². The van der Waals surface area contributed by atoms with Crippen LogP contribution in [0.25, 0.3) is 0 Å². The van der Waals surface area contributed by atoms with Gasteiger partial charge in [0.15, 0.2) is 4.90 Å². The lowest BCUT2D eigenvalue weighted by atomic mass is 10.3. The van der Waals surface area contributed by atoms with Crippen molar-refractivity contribution in [1.82, 2.24) is 25.6 Å². The molecule has 1 heterocycles. The summed E-state index contributed by atoms with van der Waals surface area (Å²) < 4.78 is 27.1. The Kier molecular flexibility index (Phi) is 19.9. The van der Waals surface area contributed by atoms with Crippen molar-refractivity contribution in [3.8, 4) is 0 Å². The predicted octanol–water partition coefficient (Wildman–Crippen LogP) is 0.466. The first-order valence-corrected chi connectivity index (χ1v) is 19.0. The molecule has 16 nitrogen and oxygen atoms in total. The number of imide groups is 1. The topological polar surface area (TPSA) is 244 Å². The highest BCUT2D eigenvalue weighted by Gasteiger charge is 2.38. The van der Waals surface area contributed by atoms with Crippen molar-refractivity contribution in [1.29, 1.82) is 0 Å². The third-order valence-corrected chi connectivity index (χ3v) is 10.1. The molecule has 1 fully saturated rings. The van der Waals surface area contributed by atoms with Crippen molar-refractivity contribution in [3.63, 3.8) is 0 Å². The Morgan fingerprint density at radius 1 is 0.979 bits per heavy atom. The maximum Gasteiger partial charge on any atom is 0.289 e. The minimum absolute atomic E-state index is 0.0359. The van der Waals surface area contributed by atoms with Gasteiger partial charge in [0.2, 0.25) is 27.7 Å². The first kappa shape index (κ1) is 41.0. The van der Waals surface area contributed by atoms with Gasteiger partial charge < -0.3 is 27.4 Å². The summed E-state index contributed by atoms with van der Waals surface area (Å²) in [6.45, 7) is 5.27. The van der Waals surface area contributed by atoms with Crippen LogP contribution in [0.3, 0.4) is 0 Å². The van der Waals surface area contributed by atoms with Gasteiger partial charge in [-0.3, -0.25) is 34.4 Å². The van der Waals surface area contributed by atoms with E-state index in [0.29, 0.717) is 24.6 Å². The van der Waals surface area contributed by atoms with Crippen LogP contribution in [0.4, 0.5) is 5.69 Å². The van der Waals surface area contributed by atoms with E-state index in [0.717, 1.165) is 81.9 Å². The highest BCUT2D eigenvalue weighted by atomic mass is 32.2. The molecule has 1 aliphatic heterocycles. The number of hydrogen-bond donors (Lipinski definition) is 6. The first-order chi connectivity index (χ1) is 23.1. The minimum atomic E-state index is -4.11. The Bertz CT molecular complexity index is 1320. The number of amidine groups is 1. The van der Waals surface area contributed by atoms with E-state index in [9.17, 15) is 32.9 Å². The molecule has 1 unspecified atom stereocenters. The van der Waals surface area contributed by atoms with Crippen molar-refractivity contribution in [2.24, 2.45) is 16.5 Å². The largest absolute Gasteiger partial charge is 0.387 e. The third kappa shape index (κ3) is 15.8. The first-order valence-electron chi connectivity index (χ1n) is 16.4. The van der Waals surface area contributed by atoms with Crippen molar-refractivity contribution in [3.05, 3.63) is 34.4 Å². The molecule has 0 radical (unpaired) electrons. The van der Waals surface area contributed by atoms with Gasteiger partial charge in [-0.05, 0) is 83.1 Å². The fraction of sp³-hybridized carbons (Fsp3) is 0.667. The third-order valence-electron chi connectivity index (χ3n) is 7.32. The van der Waals surface area contributed by atoms with Crippen LogP contribution >= 0.6 is 11.8 Å². The zero-order valence-electron chi connectivity index (χ0n) is 27.5. The van der Waals surface area contributed by atoms with Gasteiger partial charge in [0.1, 0.15) is 0 Å². The standard InChI is InChI=1S/C30H51N9O7S2/c31-13-6-16-33-14-3-4-15-34-17-7-18-35-27(32)11-5-22-47-25-23-29(41)38(30(25)42)21-12-28(40)36-19-8-20-37-48(45,46)26-10-2-1-9-24(26)39(43)44/h1-2,9-10,25,33-34,37H,3-8,11-23,31H2,(H2,32,35)(H,36,40). The van der Waals surface area contributed by atoms with E-state index in [1.807, 2.05) is 0 Å². The van der Waals surface area contributed by atoms with Gasteiger partial charge in [-0.15, -0.1) is 11.8 Å². The number of rotatable bonds is 27. The molecule has 0 aliphatic carbocycles. The van der Waals surface area contributed by atoms with Crippen molar-refractivity contribution < 1.29 is 27.7 Å². The number of sulfonamides is 1. The molecule has 1 aromatic carbocycles. The molecule has 0 bridgehead atoms. The summed E-state index contributed by atoms with van der Waals surface area (Å²) in [5.41, 5.74) is 11.0. The Morgan fingerprint density at radius 3 is 2.38 bits per heavy atom. The zero-order valence-corrected chi connectivity index (χ0v) is 29.1. The number of amides is 3. The normalized spacial score (nSPS) is 15.3. The van der Waals surface area contributed by atoms with Gasteiger partial charge in [0.05, 0.1) is 16.0 Å². The van der Waals surface area contributed by atoms with Crippen LogP contribution in [0.2, 0.25) is 0 Å². The van der Waals surface area contributed by atoms with Gasteiger partial charge in [0, 0.05) is 51.5 Å². The Labute approximate surface area is 287 Å². The van der Waals surface area contributed by atoms with Crippen LogP contribution in [0.5, 0.6) is 0 Å². The van der Waals surface area contributed by atoms with Gasteiger partial charge in [0.25, 0.3) is 5.69 Å². The quantitative estimate of drug-likeness (QED) is 0.0182. The highest BCUT2D eigenvalue weighted by Crippen LogP contribution is 2.26. The number of nitrogens with zero attached hydrogens (tertiary/aromatic N) is 3. The molecule has 2 rings (SSSR count). The second-order valence-electron chi connectivity index (χ2n) is 11.2. The smallest absolute Gasteiger partial charge is 0.289 e. The zero-order chi connectivity index (χ0) is 35.2.